The van der Waals surface area contributed by atoms with Crippen LogP contribution in [0.15, 0.2) is 23.1 Å². The lowest BCUT2D eigenvalue weighted by atomic mass is 10.2. The molecule has 0 aliphatic rings. The maximum Gasteiger partial charge on any atom is 0.306 e. The molecule has 0 saturated carbocycles. The Bertz CT molecular complexity index is 377. The third-order valence-electron chi connectivity index (χ3n) is 2.17. The van der Waals surface area contributed by atoms with Gasteiger partial charge in [0.05, 0.1) is 12.5 Å². The highest BCUT2D eigenvalue weighted by atomic mass is 32.2. The van der Waals surface area contributed by atoms with Gasteiger partial charge in [-0.05, 0) is 25.5 Å². The van der Waals surface area contributed by atoms with Crippen molar-refractivity contribution >= 4 is 17.7 Å². The van der Waals surface area contributed by atoms with Crippen LogP contribution in [0.3, 0.4) is 0 Å². The molecular weight excluding hydrogens is 224 g/mol. The van der Waals surface area contributed by atoms with Gasteiger partial charge in [0.1, 0.15) is 0 Å². The number of aliphatic hydroxyl groups excluding tert-OH is 1. The zero-order valence-electron chi connectivity index (χ0n) is 9.43. The zero-order chi connectivity index (χ0) is 12.1. The van der Waals surface area contributed by atoms with Gasteiger partial charge in [-0.1, -0.05) is 17.7 Å². The van der Waals surface area contributed by atoms with Crippen molar-refractivity contribution in [1.82, 2.24) is 0 Å². The van der Waals surface area contributed by atoms with Gasteiger partial charge in [-0.2, -0.15) is 0 Å². The van der Waals surface area contributed by atoms with Crippen molar-refractivity contribution in [2.45, 2.75) is 31.3 Å². The number of carboxylic acids is 1. The molecule has 0 saturated heterocycles. The van der Waals surface area contributed by atoms with Crippen molar-refractivity contribution < 1.29 is 15.0 Å². The third-order valence-corrected chi connectivity index (χ3v) is 3.49. The fourth-order valence-electron chi connectivity index (χ4n) is 1.41. The molecule has 1 rings (SSSR count). The Morgan fingerprint density at radius 1 is 1.44 bits per heavy atom. The molecule has 88 valence electrons. The van der Waals surface area contributed by atoms with Gasteiger partial charge in [-0.3, -0.25) is 4.79 Å². The van der Waals surface area contributed by atoms with Crippen molar-refractivity contribution in [3.8, 4) is 0 Å². The first-order chi connectivity index (χ1) is 7.49. The van der Waals surface area contributed by atoms with Gasteiger partial charge < -0.3 is 10.2 Å². The first-order valence-corrected chi connectivity index (χ1v) is 6.07. The van der Waals surface area contributed by atoms with Crippen LogP contribution < -0.4 is 0 Å². The fourth-order valence-corrected chi connectivity index (χ4v) is 2.35. The van der Waals surface area contributed by atoms with Crippen LogP contribution in [0.1, 0.15) is 17.5 Å². The molecule has 0 aliphatic heterocycles. The molecule has 0 spiro atoms. The van der Waals surface area contributed by atoms with Crippen molar-refractivity contribution in [1.29, 1.82) is 0 Å². The topological polar surface area (TPSA) is 57.5 Å². The monoisotopic (exact) mass is 240 g/mol. The van der Waals surface area contributed by atoms with Gasteiger partial charge in [0.15, 0.2) is 0 Å². The summed E-state index contributed by atoms with van der Waals surface area (Å²) in [6, 6.07) is 6.09. The van der Waals surface area contributed by atoms with E-state index >= 15 is 0 Å². The molecule has 1 aromatic rings. The van der Waals surface area contributed by atoms with Crippen LogP contribution >= 0.6 is 11.8 Å². The number of carboxylic acid groups (broad SMARTS) is 1. The van der Waals surface area contributed by atoms with Gasteiger partial charge >= 0.3 is 5.97 Å². The Hall–Kier alpha value is -1.00. The third kappa shape index (κ3) is 4.24. The zero-order valence-corrected chi connectivity index (χ0v) is 10.3. The van der Waals surface area contributed by atoms with Gasteiger partial charge in [-0.15, -0.1) is 11.8 Å². The number of aryl methyl sites for hydroxylation is 2. The molecule has 1 atom stereocenters. The maximum atomic E-state index is 10.4. The summed E-state index contributed by atoms with van der Waals surface area (Å²) in [7, 11) is 0. The number of hydrogen-bond donors (Lipinski definition) is 2. The highest BCUT2D eigenvalue weighted by Crippen LogP contribution is 2.24. The van der Waals surface area contributed by atoms with Gasteiger partial charge in [0, 0.05) is 10.6 Å². The van der Waals surface area contributed by atoms with Crippen LogP contribution in [0.5, 0.6) is 0 Å². The Balaban J connectivity index is 2.51. The lowest BCUT2D eigenvalue weighted by Crippen LogP contribution is -2.15. The summed E-state index contributed by atoms with van der Waals surface area (Å²) in [5.74, 6) is -0.551. The van der Waals surface area contributed by atoms with E-state index in [2.05, 4.69) is 6.07 Å². The van der Waals surface area contributed by atoms with Crippen LogP contribution in [0, 0.1) is 13.8 Å². The standard InChI is InChI=1S/C12H16O3S/c1-8-3-4-11(9(2)5-8)16-7-10(13)6-12(14)15/h3-5,10,13H,6-7H2,1-2H3,(H,14,15). The van der Waals surface area contributed by atoms with Crippen LogP contribution in [0.2, 0.25) is 0 Å². The van der Waals surface area contributed by atoms with E-state index in [9.17, 15) is 9.90 Å². The number of thioether (sulfide) groups is 1. The van der Waals surface area contributed by atoms with E-state index in [1.165, 1.54) is 17.3 Å². The molecule has 0 fully saturated rings. The van der Waals surface area contributed by atoms with Gasteiger partial charge in [0.25, 0.3) is 0 Å². The molecule has 0 amide bonds. The fraction of sp³-hybridized carbons (Fsp3) is 0.417. The molecule has 0 heterocycles. The second kappa shape index (κ2) is 5.92. The van der Waals surface area contributed by atoms with Crippen molar-refractivity contribution in [3.63, 3.8) is 0 Å². The Morgan fingerprint density at radius 3 is 2.69 bits per heavy atom. The van der Waals surface area contributed by atoms with Crippen molar-refractivity contribution in [3.05, 3.63) is 29.3 Å². The minimum absolute atomic E-state index is 0.197. The van der Waals surface area contributed by atoms with Crippen molar-refractivity contribution in [2.75, 3.05) is 5.75 Å². The normalized spacial score (nSPS) is 12.4. The lowest BCUT2D eigenvalue weighted by Gasteiger charge is -2.09. The van der Waals surface area contributed by atoms with E-state index in [1.54, 1.807) is 0 Å². The van der Waals surface area contributed by atoms with E-state index < -0.39 is 12.1 Å². The Morgan fingerprint density at radius 2 is 2.12 bits per heavy atom. The number of rotatable bonds is 5. The lowest BCUT2D eigenvalue weighted by molar-refractivity contribution is -0.138. The molecule has 1 aromatic carbocycles. The maximum absolute atomic E-state index is 10.4. The second-order valence-corrected chi connectivity index (χ2v) is 4.89. The number of aliphatic hydroxyl groups is 1. The summed E-state index contributed by atoms with van der Waals surface area (Å²) >= 11 is 1.49. The number of benzene rings is 1. The summed E-state index contributed by atoms with van der Waals surface area (Å²) in [5, 5.41) is 17.9. The van der Waals surface area contributed by atoms with Crippen LogP contribution in [-0.2, 0) is 4.79 Å². The highest BCUT2D eigenvalue weighted by Gasteiger charge is 2.10. The largest absolute Gasteiger partial charge is 0.481 e. The van der Waals surface area contributed by atoms with Crippen LogP contribution in [0.25, 0.3) is 0 Å². The van der Waals surface area contributed by atoms with Crippen molar-refractivity contribution in [2.24, 2.45) is 0 Å². The minimum Gasteiger partial charge on any atom is -0.481 e. The average molecular weight is 240 g/mol. The first kappa shape index (κ1) is 13.1. The van der Waals surface area contributed by atoms with E-state index in [4.69, 9.17) is 5.11 Å². The van der Waals surface area contributed by atoms with Crippen LogP contribution in [-0.4, -0.2) is 28.0 Å². The number of aliphatic carboxylic acids is 1. The molecule has 0 aromatic heterocycles. The summed E-state index contributed by atoms with van der Waals surface area (Å²) in [6.45, 7) is 4.04. The summed E-state index contributed by atoms with van der Waals surface area (Å²) in [6.07, 6.45) is -0.985. The van der Waals surface area contributed by atoms with E-state index in [1.807, 2.05) is 26.0 Å². The minimum atomic E-state index is -0.964. The van der Waals surface area contributed by atoms with Gasteiger partial charge in [0.2, 0.25) is 0 Å². The number of carbonyl (C=O) groups is 1. The van der Waals surface area contributed by atoms with E-state index in [0.717, 1.165) is 10.5 Å². The smallest absolute Gasteiger partial charge is 0.306 e. The van der Waals surface area contributed by atoms with E-state index in [-0.39, 0.29) is 6.42 Å². The quantitative estimate of drug-likeness (QED) is 0.775. The molecule has 1 unspecified atom stereocenters. The Labute approximate surface area is 99.5 Å². The summed E-state index contributed by atoms with van der Waals surface area (Å²) < 4.78 is 0. The first-order valence-electron chi connectivity index (χ1n) is 5.09. The second-order valence-electron chi connectivity index (χ2n) is 3.83. The molecule has 0 radical (unpaired) electrons. The van der Waals surface area contributed by atoms with Crippen LogP contribution in [0.4, 0.5) is 0 Å². The highest BCUT2D eigenvalue weighted by molar-refractivity contribution is 7.99. The van der Waals surface area contributed by atoms with Gasteiger partial charge in [-0.25, -0.2) is 0 Å². The molecule has 4 heteroatoms. The average Bonchev–Trinajstić information content (AvgIpc) is 2.15. The summed E-state index contributed by atoms with van der Waals surface area (Å²) in [5.41, 5.74) is 2.36. The summed E-state index contributed by atoms with van der Waals surface area (Å²) in [4.78, 5) is 11.5. The molecule has 16 heavy (non-hydrogen) atoms. The molecule has 0 bridgehead atoms. The SMILES string of the molecule is Cc1ccc(SCC(O)CC(=O)O)c(C)c1. The Kier molecular flexibility index (Phi) is 4.83. The van der Waals surface area contributed by atoms with E-state index in [0.29, 0.717) is 5.75 Å². The molecular formula is C12H16O3S. The molecule has 3 nitrogen and oxygen atoms in total. The molecule has 0 aliphatic carbocycles. The number of hydrogen-bond acceptors (Lipinski definition) is 3. The predicted octanol–water partition coefficient (Wildman–Crippen LogP) is 2.23. The molecule has 2 N–H and O–H groups in total. The predicted molar refractivity (Wildman–Crippen MR) is 64.9 cm³/mol.